The Labute approximate surface area is 73.0 Å². The molecule has 12 heavy (non-hydrogen) atoms. The zero-order chi connectivity index (χ0) is 8.55. The van der Waals surface area contributed by atoms with Gasteiger partial charge in [0.2, 0.25) is 0 Å². The van der Waals surface area contributed by atoms with Gasteiger partial charge >= 0.3 is 0 Å². The Morgan fingerprint density at radius 1 is 1.00 bits per heavy atom. The fraction of sp³-hybridized carbons (Fsp3) is 1.00. The van der Waals surface area contributed by atoms with E-state index in [-0.39, 0.29) is 18.5 Å². The molecule has 0 aromatic rings. The number of hydrogen-bond donors (Lipinski definition) is 0. The molecule has 0 radical (unpaired) electrons. The van der Waals surface area contributed by atoms with Crippen LogP contribution in [-0.2, 0) is 14.2 Å². The van der Waals surface area contributed by atoms with Gasteiger partial charge < -0.3 is 14.2 Å². The predicted octanol–water partition coefficient (Wildman–Crippen LogP) is 1.32. The van der Waals surface area contributed by atoms with Gasteiger partial charge in [0.25, 0.3) is 0 Å². The number of fused-ring (bicyclic) bond motifs is 1. The van der Waals surface area contributed by atoms with E-state index in [9.17, 15) is 0 Å². The molecule has 0 amide bonds. The molecule has 2 aliphatic rings. The zero-order valence-electron chi connectivity index (χ0n) is 7.66. The van der Waals surface area contributed by atoms with Crippen molar-refractivity contribution in [2.24, 2.45) is 0 Å². The standard InChI is InChI=1S/C9H16O3/c1-6-3-4-8-9(12-6)10-5-7(2)11-8/h6-9H,3-5H2,1-2H3. The molecule has 0 saturated carbocycles. The molecule has 2 rings (SSSR count). The summed E-state index contributed by atoms with van der Waals surface area (Å²) in [7, 11) is 0. The van der Waals surface area contributed by atoms with Gasteiger partial charge in [-0.15, -0.1) is 0 Å². The minimum atomic E-state index is -0.107. The third-order valence-electron chi connectivity index (χ3n) is 2.43. The van der Waals surface area contributed by atoms with Crippen molar-refractivity contribution in [3.8, 4) is 0 Å². The predicted molar refractivity (Wildman–Crippen MR) is 43.9 cm³/mol. The average Bonchev–Trinajstić information content (AvgIpc) is 2.05. The molecule has 0 aromatic heterocycles. The summed E-state index contributed by atoms with van der Waals surface area (Å²) >= 11 is 0. The van der Waals surface area contributed by atoms with Crippen LogP contribution >= 0.6 is 0 Å². The summed E-state index contributed by atoms with van der Waals surface area (Å²) in [6, 6.07) is 0. The second kappa shape index (κ2) is 3.32. The van der Waals surface area contributed by atoms with Crippen molar-refractivity contribution >= 4 is 0 Å². The molecule has 2 heterocycles. The van der Waals surface area contributed by atoms with Crippen LogP contribution in [-0.4, -0.2) is 31.2 Å². The van der Waals surface area contributed by atoms with Crippen LogP contribution in [0.25, 0.3) is 0 Å². The highest BCUT2D eigenvalue weighted by Gasteiger charge is 2.35. The molecule has 2 fully saturated rings. The molecule has 2 saturated heterocycles. The van der Waals surface area contributed by atoms with Crippen LogP contribution in [0.4, 0.5) is 0 Å². The molecule has 0 spiro atoms. The highest BCUT2D eigenvalue weighted by molar-refractivity contribution is 4.76. The maximum Gasteiger partial charge on any atom is 0.184 e. The van der Waals surface area contributed by atoms with E-state index in [0.717, 1.165) is 12.8 Å². The van der Waals surface area contributed by atoms with E-state index in [1.165, 1.54) is 0 Å². The zero-order valence-corrected chi connectivity index (χ0v) is 7.66. The van der Waals surface area contributed by atoms with Crippen LogP contribution in [0, 0.1) is 0 Å². The van der Waals surface area contributed by atoms with Crippen molar-refractivity contribution in [3.05, 3.63) is 0 Å². The second-order valence-corrected chi connectivity index (χ2v) is 3.71. The normalized spacial score (nSPS) is 48.5. The minimum Gasteiger partial charge on any atom is -0.368 e. The fourth-order valence-corrected chi connectivity index (χ4v) is 1.77. The Kier molecular flexibility index (Phi) is 2.35. The van der Waals surface area contributed by atoms with Crippen molar-refractivity contribution in [2.45, 2.75) is 51.3 Å². The third-order valence-corrected chi connectivity index (χ3v) is 2.43. The summed E-state index contributed by atoms with van der Waals surface area (Å²) in [6.45, 7) is 4.78. The van der Waals surface area contributed by atoms with Gasteiger partial charge in [-0.25, -0.2) is 0 Å². The van der Waals surface area contributed by atoms with E-state index < -0.39 is 0 Å². The SMILES string of the molecule is CC1COC2OC(C)CCC2O1. The maximum atomic E-state index is 5.69. The molecule has 70 valence electrons. The smallest absolute Gasteiger partial charge is 0.184 e. The van der Waals surface area contributed by atoms with Gasteiger partial charge in [-0.3, -0.25) is 0 Å². The van der Waals surface area contributed by atoms with Gasteiger partial charge in [0, 0.05) is 0 Å². The quantitative estimate of drug-likeness (QED) is 0.551. The molecule has 0 N–H and O–H groups in total. The molecule has 4 unspecified atom stereocenters. The van der Waals surface area contributed by atoms with Crippen molar-refractivity contribution in [3.63, 3.8) is 0 Å². The molecule has 3 nitrogen and oxygen atoms in total. The van der Waals surface area contributed by atoms with E-state index in [4.69, 9.17) is 14.2 Å². The molecule has 0 aromatic carbocycles. The molecule has 3 heteroatoms. The van der Waals surface area contributed by atoms with Crippen LogP contribution in [0.1, 0.15) is 26.7 Å². The topological polar surface area (TPSA) is 27.7 Å². The maximum absolute atomic E-state index is 5.69. The van der Waals surface area contributed by atoms with Crippen molar-refractivity contribution in [2.75, 3.05) is 6.61 Å². The van der Waals surface area contributed by atoms with Gasteiger partial charge in [0.15, 0.2) is 6.29 Å². The molecule has 0 aliphatic carbocycles. The van der Waals surface area contributed by atoms with Crippen LogP contribution in [0.5, 0.6) is 0 Å². The van der Waals surface area contributed by atoms with Crippen molar-refractivity contribution in [1.82, 2.24) is 0 Å². The van der Waals surface area contributed by atoms with E-state index in [1.54, 1.807) is 0 Å². The Balaban J connectivity index is 1.94. The Morgan fingerprint density at radius 2 is 1.83 bits per heavy atom. The Morgan fingerprint density at radius 3 is 2.67 bits per heavy atom. The minimum absolute atomic E-state index is 0.107. The summed E-state index contributed by atoms with van der Waals surface area (Å²) in [5.41, 5.74) is 0. The first-order chi connectivity index (χ1) is 5.75. The van der Waals surface area contributed by atoms with Crippen LogP contribution < -0.4 is 0 Å². The largest absolute Gasteiger partial charge is 0.368 e. The first kappa shape index (κ1) is 8.48. The summed E-state index contributed by atoms with van der Waals surface area (Å²) in [5, 5.41) is 0. The fourth-order valence-electron chi connectivity index (χ4n) is 1.77. The lowest BCUT2D eigenvalue weighted by Crippen LogP contribution is -2.48. The summed E-state index contributed by atoms with van der Waals surface area (Å²) in [5.74, 6) is 0. The molecular formula is C9H16O3. The first-order valence-corrected chi connectivity index (χ1v) is 4.68. The molecule has 4 atom stereocenters. The highest BCUT2D eigenvalue weighted by Crippen LogP contribution is 2.26. The highest BCUT2D eigenvalue weighted by atomic mass is 16.7. The van der Waals surface area contributed by atoms with Gasteiger partial charge in [-0.2, -0.15) is 0 Å². The van der Waals surface area contributed by atoms with Gasteiger partial charge in [-0.1, -0.05) is 0 Å². The lowest BCUT2D eigenvalue weighted by atomic mass is 10.1. The van der Waals surface area contributed by atoms with E-state index >= 15 is 0 Å². The number of rotatable bonds is 0. The number of ether oxygens (including phenoxy) is 3. The van der Waals surface area contributed by atoms with Crippen LogP contribution in [0.3, 0.4) is 0 Å². The summed E-state index contributed by atoms with van der Waals surface area (Å²) in [6.07, 6.45) is 2.76. The summed E-state index contributed by atoms with van der Waals surface area (Å²) < 4.78 is 16.8. The molecular weight excluding hydrogens is 156 g/mol. The van der Waals surface area contributed by atoms with E-state index in [1.807, 2.05) is 6.92 Å². The lowest BCUT2D eigenvalue weighted by molar-refractivity contribution is -0.298. The molecule has 0 bridgehead atoms. The van der Waals surface area contributed by atoms with Crippen molar-refractivity contribution < 1.29 is 14.2 Å². The van der Waals surface area contributed by atoms with E-state index in [0.29, 0.717) is 12.7 Å². The first-order valence-electron chi connectivity index (χ1n) is 4.68. The Hall–Kier alpha value is -0.120. The molecule has 2 aliphatic heterocycles. The van der Waals surface area contributed by atoms with Crippen molar-refractivity contribution in [1.29, 1.82) is 0 Å². The monoisotopic (exact) mass is 172 g/mol. The summed E-state index contributed by atoms with van der Waals surface area (Å²) in [4.78, 5) is 0. The van der Waals surface area contributed by atoms with Gasteiger partial charge in [0.1, 0.15) is 6.10 Å². The average molecular weight is 172 g/mol. The Bertz CT molecular complexity index is 142. The third kappa shape index (κ3) is 1.63. The lowest BCUT2D eigenvalue weighted by Gasteiger charge is -2.40. The number of hydrogen-bond acceptors (Lipinski definition) is 3. The van der Waals surface area contributed by atoms with E-state index in [2.05, 4.69) is 6.92 Å². The van der Waals surface area contributed by atoms with Crippen LogP contribution in [0.15, 0.2) is 0 Å². The van der Waals surface area contributed by atoms with Gasteiger partial charge in [-0.05, 0) is 26.7 Å². The van der Waals surface area contributed by atoms with Crippen LogP contribution in [0.2, 0.25) is 0 Å². The van der Waals surface area contributed by atoms with Gasteiger partial charge in [0.05, 0.1) is 18.8 Å². The second-order valence-electron chi connectivity index (χ2n) is 3.71.